The number of aliphatic carboxylic acids is 1. The van der Waals surface area contributed by atoms with Crippen LogP contribution in [0.2, 0.25) is 0 Å². The Hall–Kier alpha value is -2.18. The van der Waals surface area contributed by atoms with Crippen LogP contribution in [-0.2, 0) is 4.79 Å². The maximum absolute atomic E-state index is 12.3. The number of carbonyl (C=O) groups is 2. The molecule has 2 N–H and O–H groups in total. The van der Waals surface area contributed by atoms with Crippen molar-refractivity contribution in [1.29, 1.82) is 0 Å². The number of aryl methyl sites for hydroxylation is 2. The number of amides is 1. The standard InChI is InChI=1S/C14H17F2NO4/c1-7-4-9(5-8(2)12(7)21-3)13(18)17-10(14(19)20)6-11(15)16/h4-5,10-11H,6H2,1-3H3,(H,17,18)(H,19,20). The van der Waals surface area contributed by atoms with Crippen LogP contribution in [0.4, 0.5) is 8.78 Å². The van der Waals surface area contributed by atoms with Crippen LogP contribution in [0.25, 0.3) is 0 Å². The summed E-state index contributed by atoms with van der Waals surface area (Å²) in [6.45, 7) is 3.47. The van der Waals surface area contributed by atoms with Crippen LogP contribution >= 0.6 is 0 Å². The first-order chi connectivity index (χ1) is 9.76. The van der Waals surface area contributed by atoms with Crippen LogP contribution in [0, 0.1) is 13.8 Å². The highest BCUT2D eigenvalue weighted by atomic mass is 19.3. The minimum Gasteiger partial charge on any atom is -0.496 e. The molecule has 0 aromatic heterocycles. The minimum absolute atomic E-state index is 0.200. The number of hydrogen-bond acceptors (Lipinski definition) is 3. The second kappa shape index (κ2) is 7.01. The fraction of sp³-hybridized carbons (Fsp3) is 0.429. The van der Waals surface area contributed by atoms with Gasteiger partial charge in [0.1, 0.15) is 11.8 Å². The zero-order valence-corrected chi connectivity index (χ0v) is 11.9. The molecule has 0 aliphatic rings. The first-order valence-corrected chi connectivity index (χ1v) is 6.23. The number of hydrogen-bond donors (Lipinski definition) is 2. The average molecular weight is 301 g/mol. The third-order valence-electron chi connectivity index (χ3n) is 2.94. The highest BCUT2D eigenvalue weighted by molar-refractivity contribution is 5.97. The van der Waals surface area contributed by atoms with Gasteiger partial charge in [-0.05, 0) is 37.1 Å². The Morgan fingerprint density at radius 3 is 2.19 bits per heavy atom. The van der Waals surface area contributed by atoms with Gasteiger partial charge in [-0.3, -0.25) is 4.79 Å². The van der Waals surface area contributed by atoms with Crippen LogP contribution in [0.1, 0.15) is 27.9 Å². The Morgan fingerprint density at radius 2 is 1.81 bits per heavy atom. The number of alkyl halides is 2. The Kier molecular flexibility index (Phi) is 5.63. The highest BCUT2D eigenvalue weighted by Crippen LogP contribution is 2.24. The Balaban J connectivity index is 2.95. The summed E-state index contributed by atoms with van der Waals surface area (Å²) in [4.78, 5) is 22.9. The van der Waals surface area contributed by atoms with Gasteiger partial charge in [0.2, 0.25) is 6.43 Å². The van der Waals surface area contributed by atoms with E-state index in [0.29, 0.717) is 16.9 Å². The third-order valence-corrected chi connectivity index (χ3v) is 2.94. The Bertz CT molecular complexity index is 523. The molecule has 7 heteroatoms. The monoisotopic (exact) mass is 301 g/mol. The van der Waals surface area contributed by atoms with E-state index in [2.05, 4.69) is 5.32 Å². The second-order valence-electron chi connectivity index (χ2n) is 4.63. The van der Waals surface area contributed by atoms with Crippen molar-refractivity contribution in [2.45, 2.75) is 32.7 Å². The predicted molar refractivity (Wildman–Crippen MR) is 72.0 cm³/mol. The van der Waals surface area contributed by atoms with Crippen molar-refractivity contribution in [2.75, 3.05) is 7.11 Å². The number of carboxylic acids is 1. The molecule has 0 radical (unpaired) electrons. The first-order valence-electron chi connectivity index (χ1n) is 6.23. The van der Waals surface area contributed by atoms with Gasteiger partial charge in [-0.1, -0.05) is 0 Å². The van der Waals surface area contributed by atoms with E-state index in [1.165, 1.54) is 19.2 Å². The van der Waals surface area contributed by atoms with Crippen molar-refractivity contribution < 1.29 is 28.2 Å². The Labute approximate surface area is 120 Å². The molecule has 1 rings (SSSR count). The number of rotatable bonds is 6. The van der Waals surface area contributed by atoms with E-state index in [4.69, 9.17) is 9.84 Å². The van der Waals surface area contributed by atoms with Crippen LogP contribution in [0.5, 0.6) is 5.75 Å². The third kappa shape index (κ3) is 4.40. The summed E-state index contributed by atoms with van der Waals surface area (Å²) in [5.41, 5.74) is 1.60. The summed E-state index contributed by atoms with van der Waals surface area (Å²) in [6, 6.07) is 1.41. The van der Waals surface area contributed by atoms with Gasteiger partial charge in [-0.15, -0.1) is 0 Å². The van der Waals surface area contributed by atoms with Gasteiger partial charge >= 0.3 is 5.97 Å². The summed E-state index contributed by atoms with van der Waals surface area (Å²) in [5, 5.41) is 10.9. The molecule has 0 saturated heterocycles. The molecule has 1 aromatic carbocycles. The van der Waals surface area contributed by atoms with Crippen LogP contribution in [0.3, 0.4) is 0 Å². The van der Waals surface area contributed by atoms with Gasteiger partial charge < -0.3 is 15.2 Å². The molecule has 5 nitrogen and oxygen atoms in total. The lowest BCUT2D eigenvalue weighted by molar-refractivity contribution is -0.140. The van der Waals surface area contributed by atoms with Gasteiger partial charge in [0.15, 0.2) is 0 Å². The van der Waals surface area contributed by atoms with Crippen molar-refractivity contribution in [1.82, 2.24) is 5.32 Å². The van der Waals surface area contributed by atoms with Crippen molar-refractivity contribution in [2.24, 2.45) is 0 Å². The van der Waals surface area contributed by atoms with Crippen molar-refractivity contribution in [3.8, 4) is 5.75 Å². The molecular weight excluding hydrogens is 284 g/mol. The van der Waals surface area contributed by atoms with Crippen LogP contribution < -0.4 is 10.1 Å². The summed E-state index contributed by atoms with van der Waals surface area (Å²) < 4.78 is 29.7. The molecule has 0 spiro atoms. The molecule has 0 fully saturated rings. The molecule has 0 bridgehead atoms. The predicted octanol–water partition coefficient (Wildman–Crippen LogP) is 2.15. The fourth-order valence-electron chi connectivity index (χ4n) is 2.04. The lowest BCUT2D eigenvalue weighted by Crippen LogP contribution is -2.42. The zero-order valence-electron chi connectivity index (χ0n) is 11.9. The smallest absolute Gasteiger partial charge is 0.326 e. The summed E-state index contributed by atoms with van der Waals surface area (Å²) in [5.74, 6) is -1.59. The van der Waals surface area contributed by atoms with E-state index in [-0.39, 0.29) is 5.56 Å². The lowest BCUT2D eigenvalue weighted by Gasteiger charge is -2.15. The van der Waals surface area contributed by atoms with Crippen LogP contribution in [0.15, 0.2) is 12.1 Å². The number of halogens is 2. The van der Waals surface area contributed by atoms with Crippen molar-refractivity contribution in [3.63, 3.8) is 0 Å². The normalized spacial score (nSPS) is 12.1. The van der Waals surface area contributed by atoms with Gasteiger partial charge in [-0.25, -0.2) is 13.6 Å². The highest BCUT2D eigenvalue weighted by Gasteiger charge is 2.25. The molecule has 21 heavy (non-hydrogen) atoms. The SMILES string of the molecule is COc1c(C)cc(C(=O)NC(CC(F)F)C(=O)O)cc1C. The maximum Gasteiger partial charge on any atom is 0.326 e. The molecule has 1 amide bonds. The summed E-state index contributed by atoms with van der Waals surface area (Å²) in [7, 11) is 1.50. The molecule has 0 aliphatic carbocycles. The van der Waals surface area contributed by atoms with E-state index in [9.17, 15) is 18.4 Å². The number of methoxy groups -OCH3 is 1. The molecule has 1 atom stereocenters. The number of ether oxygens (including phenoxy) is 1. The van der Waals surface area contributed by atoms with E-state index in [0.717, 1.165) is 0 Å². The quantitative estimate of drug-likeness (QED) is 0.844. The Morgan fingerprint density at radius 1 is 1.29 bits per heavy atom. The van der Waals surface area contributed by atoms with E-state index >= 15 is 0 Å². The molecule has 0 heterocycles. The number of carboxylic acid groups (broad SMARTS) is 1. The fourth-order valence-corrected chi connectivity index (χ4v) is 2.04. The number of carbonyl (C=O) groups excluding carboxylic acids is 1. The van der Waals surface area contributed by atoms with E-state index < -0.39 is 30.8 Å². The van der Waals surface area contributed by atoms with Crippen molar-refractivity contribution >= 4 is 11.9 Å². The van der Waals surface area contributed by atoms with Gasteiger partial charge in [0.05, 0.1) is 7.11 Å². The summed E-state index contributed by atoms with van der Waals surface area (Å²) in [6.07, 6.45) is -3.75. The largest absolute Gasteiger partial charge is 0.496 e. The zero-order chi connectivity index (χ0) is 16.2. The number of nitrogens with one attached hydrogen (secondary N) is 1. The second-order valence-corrected chi connectivity index (χ2v) is 4.63. The molecule has 0 aliphatic heterocycles. The van der Waals surface area contributed by atoms with Gasteiger partial charge in [0.25, 0.3) is 5.91 Å². The number of benzene rings is 1. The molecule has 1 aromatic rings. The van der Waals surface area contributed by atoms with E-state index in [1.54, 1.807) is 13.8 Å². The van der Waals surface area contributed by atoms with E-state index in [1.807, 2.05) is 0 Å². The minimum atomic E-state index is -2.81. The van der Waals surface area contributed by atoms with Crippen molar-refractivity contribution in [3.05, 3.63) is 28.8 Å². The average Bonchev–Trinajstić information content (AvgIpc) is 2.36. The van der Waals surface area contributed by atoms with Crippen LogP contribution in [-0.4, -0.2) is 36.6 Å². The maximum atomic E-state index is 12.3. The van der Waals surface area contributed by atoms with Gasteiger partial charge in [-0.2, -0.15) is 0 Å². The van der Waals surface area contributed by atoms with Gasteiger partial charge in [0, 0.05) is 12.0 Å². The summed E-state index contributed by atoms with van der Waals surface area (Å²) >= 11 is 0. The topological polar surface area (TPSA) is 75.6 Å². The molecular formula is C14H17F2NO4. The first kappa shape index (κ1) is 16.9. The molecule has 116 valence electrons. The molecule has 1 unspecified atom stereocenters. The lowest BCUT2D eigenvalue weighted by atomic mass is 10.0. The molecule has 0 saturated carbocycles.